The summed E-state index contributed by atoms with van der Waals surface area (Å²) in [6.07, 6.45) is 1.93. The summed E-state index contributed by atoms with van der Waals surface area (Å²) in [5, 5.41) is 2.90. The predicted octanol–water partition coefficient (Wildman–Crippen LogP) is 1.75. The summed E-state index contributed by atoms with van der Waals surface area (Å²) in [6, 6.07) is 7.71. The molecule has 1 spiro atoms. The SMILES string of the molecule is COc1ccccc1CCNC(=O)C(C)(C)C(=O)N1CCC2(CC1)OCCO2. The Morgan fingerprint density at radius 3 is 2.46 bits per heavy atom. The number of para-hydroxylation sites is 1. The Morgan fingerprint density at radius 1 is 1.18 bits per heavy atom. The van der Waals surface area contributed by atoms with Crippen LogP contribution in [0.1, 0.15) is 32.3 Å². The highest BCUT2D eigenvalue weighted by Gasteiger charge is 2.45. The van der Waals surface area contributed by atoms with E-state index in [9.17, 15) is 9.59 Å². The van der Waals surface area contributed by atoms with Crippen LogP contribution in [0.3, 0.4) is 0 Å². The van der Waals surface area contributed by atoms with Crippen molar-refractivity contribution in [3.8, 4) is 5.75 Å². The van der Waals surface area contributed by atoms with Gasteiger partial charge in [-0.25, -0.2) is 0 Å². The van der Waals surface area contributed by atoms with Crippen LogP contribution in [-0.4, -0.2) is 62.5 Å². The lowest BCUT2D eigenvalue weighted by Gasteiger charge is -2.40. The summed E-state index contributed by atoms with van der Waals surface area (Å²) in [6.45, 7) is 6.09. The number of methoxy groups -OCH3 is 1. The first kappa shape index (κ1) is 20.6. The average Bonchev–Trinajstić information content (AvgIpc) is 3.16. The number of carbonyl (C=O) groups excluding carboxylic acids is 2. The molecular formula is C21H30N2O5. The third-order valence-corrected chi connectivity index (χ3v) is 5.60. The fourth-order valence-electron chi connectivity index (χ4n) is 3.77. The number of hydrogen-bond donors (Lipinski definition) is 1. The zero-order chi connectivity index (χ0) is 20.2. The number of nitrogens with zero attached hydrogens (tertiary/aromatic N) is 1. The van der Waals surface area contributed by atoms with Gasteiger partial charge in [-0.15, -0.1) is 0 Å². The van der Waals surface area contributed by atoms with Gasteiger partial charge < -0.3 is 24.4 Å². The van der Waals surface area contributed by atoms with Gasteiger partial charge in [0.25, 0.3) is 0 Å². The fraction of sp³-hybridized carbons (Fsp3) is 0.619. The van der Waals surface area contributed by atoms with E-state index in [1.165, 1.54) is 0 Å². The Bertz CT molecular complexity index is 703. The van der Waals surface area contributed by atoms with E-state index < -0.39 is 11.2 Å². The van der Waals surface area contributed by atoms with E-state index in [2.05, 4.69) is 5.32 Å². The van der Waals surface area contributed by atoms with E-state index in [1.54, 1.807) is 25.9 Å². The molecule has 0 aromatic heterocycles. The molecule has 0 atom stereocenters. The molecule has 2 aliphatic heterocycles. The Hall–Kier alpha value is -2.12. The van der Waals surface area contributed by atoms with Gasteiger partial charge in [-0.2, -0.15) is 0 Å². The largest absolute Gasteiger partial charge is 0.496 e. The van der Waals surface area contributed by atoms with E-state index in [0.717, 1.165) is 11.3 Å². The summed E-state index contributed by atoms with van der Waals surface area (Å²) in [5.74, 6) is -0.153. The van der Waals surface area contributed by atoms with Crippen molar-refractivity contribution >= 4 is 11.8 Å². The molecule has 1 aromatic carbocycles. The molecule has 7 nitrogen and oxygen atoms in total. The van der Waals surface area contributed by atoms with Crippen LogP contribution >= 0.6 is 0 Å². The summed E-state index contributed by atoms with van der Waals surface area (Å²) in [7, 11) is 1.63. The van der Waals surface area contributed by atoms with Gasteiger partial charge in [-0.3, -0.25) is 9.59 Å². The van der Waals surface area contributed by atoms with E-state index in [4.69, 9.17) is 14.2 Å². The van der Waals surface area contributed by atoms with Crippen LogP contribution in [0.5, 0.6) is 5.75 Å². The smallest absolute Gasteiger partial charge is 0.237 e. The lowest BCUT2D eigenvalue weighted by molar-refractivity contribution is -0.189. The molecular weight excluding hydrogens is 360 g/mol. The molecule has 2 amide bonds. The number of hydrogen-bond acceptors (Lipinski definition) is 5. The van der Waals surface area contributed by atoms with E-state index in [0.29, 0.717) is 52.1 Å². The van der Waals surface area contributed by atoms with Gasteiger partial charge in [0.2, 0.25) is 11.8 Å². The van der Waals surface area contributed by atoms with Crippen molar-refractivity contribution < 1.29 is 23.8 Å². The molecule has 0 bridgehead atoms. The van der Waals surface area contributed by atoms with Crippen LogP contribution in [0.15, 0.2) is 24.3 Å². The van der Waals surface area contributed by atoms with Crippen molar-refractivity contribution in [2.24, 2.45) is 5.41 Å². The van der Waals surface area contributed by atoms with Crippen molar-refractivity contribution in [3.63, 3.8) is 0 Å². The summed E-state index contributed by atoms with van der Waals surface area (Å²) in [4.78, 5) is 27.4. The zero-order valence-corrected chi connectivity index (χ0v) is 17.0. The number of amides is 2. The van der Waals surface area contributed by atoms with Gasteiger partial charge in [0, 0.05) is 32.5 Å². The molecule has 2 fully saturated rings. The topological polar surface area (TPSA) is 77.1 Å². The number of likely N-dealkylation sites (tertiary alicyclic amines) is 1. The van der Waals surface area contributed by atoms with Gasteiger partial charge in [-0.1, -0.05) is 18.2 Å². The second kappa shape index (κ2) is 8.49. The molecule has 2 heterocycles. The van der Waals surface area contributed by atoms with Crippen molar-refractivity contribution in [2.45, 2.75) is 38.9 Å². The quantitative estimate of drug-likeness (QED) is 0.749. The first-order chi connectivity index (χ1) is 13.4. The Balaban J connectivity index is 1.51. The first-order valence-electron chi connectivity index (χ1n) is 9.85. The minimum atomic E-state index is -1.12. The van der Waals surface area contributed by atoms with Crippen LogP contribution < -0.4 is 10.1 Å². The second-order valence-corrected chi connectivity index (χ2v) is 7.84. The van der Waals surface area contributed by atoms with E-state index in [-0.39, 0.29) is 11.8 Å². The maximum atomic E-state index is 13.0. The molecule has 3 rings (SSSR count). The van der Waals surface area contributed by atoms with Crippen LogP contribution in [0.4, 0.5) is 0 Å². The summed E-state index contributed by atoms with van der Waals surface area (Å²) >= 11 is 0. The van der Waals surface area contributed by atoms with Gasteiger partial charge >= 0.3 is 0 Å². The maximum Gasteiger partial charge on any atom is 0.237 e. The molecule has 2 aliphatic rings. The van der Waals surface area contributed by atoms with Gasteiger partial charge in [-0.05, 0) is 31.9 Å². The van der Waals surface area contributed by atoms with Crippen molar-refractivity contribution in [3.05, 3.63) is 29.8 Å². The normalized spacial score (nSPS) is 18.9. The number of nitrogens with one attached hydrogen (secondary N) is 1. The highest BCUT2D eigenvalue weighted by Crippen LogP contribution is 2.33. The lowest BCUT2D eigenvalue weighted by atomic mass is 9.88. The monoisotopic (exact) mass is 390 g/mol. The Morgan fingerprint density at radius 2 is 1.82 bits per heavy atom. The van der Waals surface area contributed by atoms with Crippen LogP contribution in [0, 0.1) is 5.41 Å². The molecule has 28 heavy (non-hydrogen) atoms. The van der Waals surface area contributed by atoms with Crippen molar-refractivity contribution in [1.82, 2.24) is 10.2 Å². The number of ether oxygens (including phenoxy) is 3. The third kappa shape index (κ3) is 4.31. The molecule has 1 aromatic rings. The average molecular weight is 390 g/mol. The lowest BCUT2D eigenvalue weighted by Crippen LogP contribution is -2.54. The van der Waals surface area contributed by atoms with Crippen molar-refractivity contribution in [2.75, 3.05) is 40.0 Å². The number of piperidine rings is 1. The number of benzene rings is 1. The Kier molecular flexibility index (Phi) is 6.25. The molecule has 2 saturated heterocycles. The predicted molar refractivity (Wildman–Crippen MR) is 104 cm³/mol. The number of rotatable bonds is 6. The van der Waals surface area contributed by atoms with Crippen LogP contribution in [0.2, 0.25) is 0 Å². The molecule has 0 unspecified atom stereocenters. The third-order valence-electron chi connectivity index (χ3n) is 5.60. The highest BCUT2D eigenvalue weighted by molar-refractivity contribution is 6.04. The molecule has 0 aliphatic carbocycles. The molecule has 154 valence electrons. The van der Waals surface area contributed by atoms with E-state index in [1.807, 2.05) is 24.3 Å². The highest BCUT2D eigenvalue weighted by atomic mass is 16.7. The first-order valence-corrected chi connectivity index (χ1v) is 9.85. The standard InChI is InChI=1S/C21H30N2O5/c1-20(2,18(24)22-11-8-16-6-4-5-7-17(16)26-3)19(25)23-12-9-21(10-13-23)27-14-15-28-21/h4-7H,8-15H2,1-3H3,(H,22,24). The van der Waals surface area contributed by atoms with Gasteiger partial charge in [0.1, 0.15) is 11.2 Å². The minimum absolute atomic E-state index is 0.157. The fourth-order valence-corrected chi connectivity index (χ4v) is 3.77. The minimum Gasteiger partial charge on any atom is -0.496 e. The summed E-state index contributed by atoms with van der Waals surface area (Å²) < 4.78 is 16.7. The second-order valence-electron chi connectivity index (χ2n) is 7.84. The zero-order valence-electron chi connectivity index (χ0n) is 17.0. The summed E-state index contributed by atoms with van der Waals surface area (Å²) in [5.41, 5.74) is -0.102. The molecule has 0 saturated carbocycles. The van der Waals surface area contributed by atoms with Crippen LogP contribution in [-0.2, 0) is 25.5 Å². The van der Waals surface area contributed by atoms with Gasteiger partial charge in [0.15, 0.2) is 5.79 Å². The number of carbonyl (C=O) groups is 2. The van der Waals surface area contributed by atoms with Gasteiger partial charge in [0.05, 0.1) is 20.3 Å². The maximum absolute atomic E-state index is 13.0. The Labute approximate surface area is 166 Å². The van der Waals surface area contributed by atoms with E-state index >= 15 is 0 Å². The van der Waals surface area contributed by atoms with Crippen LogP contribution in [0.25, 0.3) is 0 Å². The van der Waals surface area contributed by atoms with Crippen molar-refractivity contribution in [1.29, 1.82) is 0 Å². The molecule has 0 radical (unpaired) electrons. The molecule has 1 N–H and O–H groups in total. The molecule has 7 heteroatoms.